The van der Waals surface area contributed by atoms with Gasteiger partial charge in [0.25, 0.3) is 0 Å². The fourth-order valence-electron chi connectivity index (χ4n) is 8.49. The zero-order valence-corrected chi connectivity index (χ0v) is 20.3. The van der Waals surface area contributed by atoms with Crippen molar-refractivity contribution in [1.29, 1.82) is 0 Å². The second-order valence-electron chi connectivity index (χ2n) is 11.6. The van der Waals surface area contributed by atoms with Crippen molar-refractivity contribution >= 4 is 17.5 Å². The molecule has 1 aliphatic heterocycles. The number of amides is 2. The van der Waals surface area contributed by atoms with Crippen LogP contribution in [0.2, 0.25) is 0 Å². The van der Waals surface area contributed by atoms with Gasteiger partial charge < -0.3 is 10.2 Å². The summed E-state index contributed by atoms with van der Waals surface area (Å²) in [6.45, 7) is 9.13. The van der Waals surface area contributed by atoms with E-state index in [4.69, 9.17) is 0 Å². The molecule has 172 valence electrons. The summed E-state index contributed by atoms with van der Waals surface area (Å²) in [6.07, 6.45) is 7.15. The van der Waals surface area contributed by atoms with Crippen LogP contribution in [0.3, 0.4) is 0 Å². The van der Waals surface area contributed by atoms with Crippen molar-refractivity contribution in [3.8, 4) is 0 Å². The van der Waals surface area contributed by atoms with E-state index in [-0.39, 0.29) is 28.6 Å². The van der Waals surface area contributed by atoms with Crippen LogP contribution in [0.4, 0.5) is 5.69 Å². The lowest BCUT2D eigenvalue weighted by atomic mass is 9.48. The maximum absolute atomic E-state index is 13.4. The standard InChI is InChI=1S/C28H38N2O2/c1-17-7-6-8-19(15-17)29-26(32)23-10-9-21-20-16-18(2)25-28(4,14-12-24(31)30(25)5)22(20)11-13-27(21,23)3/h6-8,15,20-23H,9-14,16H2,1-5H3,(H,29,32)/t20?,21-,22?,23+,27-,28+/m0/s1. The number of nitrogens with one attached hydrogen (secondary N) is 1. The van der Waals surface area contributed by atoms with Gasteiger partial charge in [0.1, 0.15) is 0 Å². The van der Waals surface area contributed by atoms with E-state index in [0.717, 1.165) is 37.8 Å². The monoisotopic (exact) mass is 434 g/mol. The van der Waals surface area contributed by atoms with E-state index in [9.17, 15) is 9.59 Å². The van der Waals surface area contributed by atoms with E-state index < -0.39 is 0 Å². The van der Waals surface area contributed by atoms with Crippen LogP contribution in [0.25, 0.3) is 0 Å². The third-order valence-corrected chi connectivity index (χ3v) is 9.91. The Hall–Kier alpha value is -2.10. The van der Waals surface area contributed by atoms with Crippen molar-refractivity contribution in [3.05, 3.63) is 41.1 Å². The van der Waals surface area contributed by atoms with Crippen LogP contribution in [0.1, 0.15) is 71.3 Å². The summed E-state index contributed by atoms with van der Waals surface area (Å²) in [7, 11) is 1.98. The number of likely N-dealkylation sites (tertiary alicyclic amines) is 1. The molecule has 4 nitrogen and oxygen atoms in total. The van der Waals surface area contributed by atoms with Crippen LogP contribution >= 0.6 is 0 Å². The number of hydrogen-bond acceptors (Lipinski definition) is 2. The summed E-state index contributed by atoms with van der Waals surface area (Å²) in [5.41, 5.74) is 4.97. The van der Waals surface area contributed by atoms with Gasteiger partial charge in [0.15, 0.2) is 0 Å². The maximum Gasteiger partial charge on any atom is 0.228 e. The molecule has 2 amide bonds. The van der Waals surface area contributed by atoms with Crippen molar-refractivity contribution in [3.63, 3.8) is 0 Å². The van der Waals surface area contributed by atoms with Crippen LogP contribution in [0, 0.1) is 41.4 Å². The number of benzene rings is 1. The van der Waals surface area contributed by atoms with Gasteiger partial charge in [0.05, 0.1) is 0 Å². The minimum absolute atomic E-state index is 0.0691. The van der Waals surface area contributed by atoms with Crippen LogP contribution in [0.15, 0.2) is 35.5 Å². The number of fused-ring (bicyclic) bond motifs is 5. The first-order valence-corrected chi connectivity index (χ1v) is 12.5. The maximum atomic E-state index is 13.4. The highest BCUT2D eigenvalue weighted by atomic mass is 16.2. The van der Waals surface area contributed by atoms with Gasteiger partial charge in [0, 0.05) is 36.2 Å². The van der Waals surface area contributed by atoms with Gasteiger partial charge in [-0.15, -0.1) is 0 Å². The third-order valence-electron chi connectivity index (χ3n) is 9.91. The molecule has 6 atom stereocenters. The summed E-state index contributed by atoms with van der Waals surface area (Å²) in [6, 6.07) is 8.13. The average Bonchev–Trinajstić information content (AvgIpc) is 3.09. The Morgan fingerprint density at radius 3 is 2.62 bits per heavy atom. The molecule has 1 aromatic carbocycles. The fourth-order valence-corrected chi connectivity index (χ4v) is 8.49. The highest BCUT2D eigenvalue weighted by Gasteiger charge is 2.61. The topological polar surface area (TPSA) is 49.4 Å². The highest BCUT2D eigenvalue weighted by Crippen LogP contribution is 2.66. The Morgan fingerprint density at radius 1 is 1.09 bits per heavy atom. The number of aryl methyl sites for hydroxylation is 1. The minimum Gasteiger partial charge on any atom is -0.326 e. The Morgan fingerprint density at radius 2 is 1.88 bits per heavy atom. The lowest BCUT2D eigenvalue weighted by molar-refractivity contribution is -0.137. The number of carbonyl (C=O) groups is 2. The van der Waals surface area contributed by atoms with E-state index in [2.05, 4.69) is 45.1 Å². The quantitative estimate of drug-likeness (QED) is 0.627. The predicted molar refractivity (Wildman–Crippen MR) is 128 cm³/mol. The lowest BCUT2D eigenvalue weighted by Crippen LogP contribution is -2.54. The van der Waals surface area contributed by atoms with E-state index in [1.165, 1.54) is 23.3 Å². The molecule has 3 aliphatic carbocycles. The molecule has 1 N–H and O–H groups in total. The molecule has 3 fully saturated rings. The molecular weight excluding hydrogens is 396 g/mol. The normalized spacial score (nSPS) is 38.8. The lowest BCUT2D eigenvalue weighted by Gasteiger charge is -2.59. The minimum atomic E-state index is 0.0691. The summed E-state index contributed by atoms with van der Waals surface area (Å²) in [5, 5.41) is 3.23. The zero-order chi connectivity index (χ0) is 22.8. The number of carbonyl (C=O) groups excluding carboxylic acids is 2. The molecule has 1 saturated heterocycles. The van der Waals surface area contributed by atoms with Crippen molar-refractivity contribution in [2.45, 2.75) is 72.6 Å². The molecule has 2 saturated carbocycles. The SMILES string of the molecule is CC1=C2N(C)C(=O)CC[C@]2(C)C2CC[C@]3(C)[C@@H](C(=O)Nc4cccc(C)c4)CC[C@H]3C2C1. The van der Waals surface area contributed by atoms with Gasteiger partial charge in [-0.2, -0.15) is 0 Å². The Kier molecular flexibility index (Phi) is 5.07. The van der Waals surface area contributed by atoms with Gasteiger partial charge in [-0.25, -0.2) is 0 Å². The summed E-state index contributed by atoms with van der Waals surface area (Å²) >= 11 is 0. The van der Waals surface area contributed by atoms with Crippen molar-refractivity contribution in [2.75, 3.05) is 12.4 Å². The van der Waals surface area contributed by atoms with Crippen molar-refractivity contribution < 1.29 is 9.59 Å². The van der Waals surface area contributed by atoms with Crippen molar-refractivity contribution in [2.24, 2.45) is 34.5 Å². The second kappa shape index (κ2) is 7.46. The Balaban J connectivity index is 1.42. The van der Waals surface area contributed by atoms with Crippen molar-refractivity contribution in [1.82, 2.24) is 4.90 Å². The number of nitrogens with zero attached hydrogens (tertiary/aromatic N) is 1. The van der Waals surface area contributed by atoms with Crippen LogP contribution < -0.4 is 5.32 Å². The summed E-state index contributed by atoms with van der Waals surface area (Å²) < 4.78 is 0. The molecular formula is C28H38N2O2. The van der Waals surface area contributed by atoms with Crippen LogP contribution in [0.5, 0.6) is 0 Å². The fraction of sp³-hybridized carbons (Fsp3) is 0.643. The van der Waals surface area contributed by atoms with Crippen LogP contribution in [-0.4, -0.2) is 23.8 Å². The molecule has 1 heterocycles. The highest BCUT2D eigenvalue weighted by molar-refractivity contribution is 5.93. The molecule has 0 aromatic heterocycles. The number of hydrogen-bond donors (Lipinski definition) is 1. The van der Waals surface area contributed by atoms with Gasteiger partial charge in [-0.05, 0) is 93.2 Å². The van der Waals surface area contributed by atoms with Gasteiger partial charge in [0.2, 0.25) is 11.8 Å². The number of rotatable bonds is 2. The Bertz CT molecular complexity index is 997. The molecule has 32 heavy (non-hydrogen) atoms. The molecule has 2 unspecified atom stereocenters. The Labute approximate surface area is 192 Å². The first-order chi connectivity index (χ1) is 15.1. The van der Waals surface area contributed by atoms with E-state index in [1.54, 1.807) is 0 Å². The zero-order valence-electron chi connectivity index (χ0n) is 20.3. The average molecular weight is 435 g/mol. The van der Waals surface area contributed by atoms with Crippen LogP contribution in [-0.2, 0) is 9.59 Å². The molecule has 1 aromatic rings. The first-order valence-electron chi connectivity index (χ1n) is 12.5. The number of piperidine rings is 1. The largest absolute Gasteiger partial charge is 0.326 e. The van der Waals surface area contributed by atoms with E-state index >= 15 is 0 Å². The molecule has 5 rings (SSSR count). The predicted octanol–water partition coefficient (Wildman–Crippen LogP) is 5.93. The molecule has 4 heteroatoms. The number of allylic oxidation sites excluding steroid dienone is 2. The first kappa shape index (κ1) is 21.7. The molecule has 0 radical (unpaired) electrons. The number of anilines is 1. The molecule has 0 spiro atoms. The molecule has 4 aliphatic rings. The molecule has 0 bridgehead atoms. The van der Waals surface area contributed by atoms with Gasteiger partial charge >= 0.3 is 0 Å². The second-order valence-corrected chi connectivity index (χ2v) is 11.6. The summed E-state index contributed by atoms with van der Waals surface area (Å²) in [5.74, 6) is 2.39. The van der Waals surface area contributed by atoms with E-state index in [0.29, 0.717) is 24.2 Å². The smallest absolute Gasteiger partial charge is 0.228 e. The third kappa shape index (κ3) is 3.08. The van der Waals surface area contributed by atoms with E-state index in [1.807, 2.05) is 24.1 Å². The van der Waals surface area contributed by atoms with Gasteiger partial charge in [-0.1, -0.05) is 31.6 Å². The summed E-state index contributed by atoms with van der Waals surface area (Å²) in [4.78, 5) is 27.9. The van der Waals surface area contributed by atoms with Gasteiger partial charge in [-0.3, -0.25) is 9.59 Å².